The van der Waals surface area contributed by atoms with Crippen molar-refractivity contribution in [3.63, 3.8) is 0 Å². The summed E-state index contributed by atoms with van der Waals surface area (Å²) in [5, 5.41) is 3.07. The van der Waals surface area contributed by atoms with Gasteiger partial charge in [-0.05, 0) is 44.9 Å². The van der Waals surface area contributed by atoms with Crippen LogP contribution in [0.4, 0.5) is 4.79 Å². The Morgan fingerprint density at radius 2 is 2.07 bits per heavy atom. The maximum Gasteiger partial charge on any atom is 0.317 e. The fourth-order valence-electron chi connectivity index (χ4n) is 1.92. The third-order valence-electron chi connectivity index (χ3n) is 3.50. The van der Waals surface area contributed by atoms with Crippen LogP contribution in [-0.2, 0) is 0 Å². The van der Waals surface area contributed by atoms with Crippen LogP contribution in [0.5, 0.6) is 0 Å². The monoisotopic (exact) mass is 210 g/mol. The Balaban J connectivity index is 1.83. The van der Waals surface area contributed by atoms with E-state index in [1.54, 1.807) is 0 Å². The fourth-order valence-corrected chi connectivity index (χ4v) is 1.92. The van der Waals surface area contributed by atoms with Crippen LogP contribution in [0, 0.1) is 11.8 Å². The highest BCUT2D eigenvalue weighted by molar-refractivity contribution is 5.75. The molecule has 0 aromatic heterocycles. The van der Waals surface area contributed by atoms with E-state index in [2.05, 4.69) is 26.1 Å². The first-order valence-electron chi connectivity index (χ1n) is 6.15. The Morgan fingerprint density at radius 1 is 1.47 bits per heavy atom. The number of nitrogens with one attached hydrogen (secondary N) is 1. The van der Waals surface area contributed by atoms with Crippen molar-refractivity contribution >= 4 is 6.03 Å². The normalized spacial score (nSPS) is 29.1. The molecule has 0 radical (unpaired) electrons. The van der Waals surface area contributed by atoms with Gasteiger partial charge in [-0.2, -0.15) is 0 Å². The van der Waals surface area contributed by atoms with E-state index in [0.717, 1.165) is 31.2 Å². The van der Waals surface area contributed by atoms with E-state index in [4.69, 9.17) is 0 Å². The standard InChI is InChI=1S/C12H22N2O/c1-8(2)14(7-10-6-9(10)3)12(15)13-11-4-5-11/h8-11H,4-7H2,1-3H3,(H,13,15)/t9-,10+/m0/s1. The Hall–Kier alpha value is -0.730. The van der Waals surface area contributed by atoms with Crippen LogP contribution in [0.3, 0.4) is 0 Å². The smallest absolute Gasteiger partial charge is 0.317 e. The van der Waals surface area contributed by atoms with Gasteiger partial charge in [0.1, 0.15) is 0 Å². The SMILES string of the molecule is CC(C)N(C[C@H]1C[C@@H]1C)C(=O)NC1CC1. The van der Waals surface area contributed by atoms with Crippen molar-refractivity contribution < 1.29 is 4.79 Å². The summed E-state index contributed by atoms with van der Waals surface area (Å²) in [5.74, 6) is 1.57. The van der Waals surface area contributed by atoms with Gasteiger partial charge in [0.2, 0.25) is 0 Å². The first kappa shape index (κ1) is 10.8. The summed E-state index contributed by atoms with van der Waals surface area (Å²) in [7, 11) is 0. The van der Waals surface area contributed by atoms with E-state index in [1.165, 1.54) is 6.42 Å². The number of hydrogen-bond acceptors (Lipinski definition) is 1. The molecule has 0 heterocycles. The zero-order chi connectivity index (χ0) is 11.0. The second-order valence-corrected chi connectivity index (χ2v) is 5.44. The molecule has 0 bridgehead atoms. The minimum Gasteiger partial charge on any atom is -0.335 e. The summed E-state index contributed by atoms with van der Waals surface area (Å²) in [6.45, 7) is 7.40. The predicted molar refractivity (Wildman–Crippen MR) is 60.7 cm³/mol. The lowest BCUT2D eigenvalue weighted by Crippen LogP contribution is -2.45. The third kappa shape index (κ3) is 2.86. The van der Waals surface area contributed by atoms with Gasteiger partial charge in [-0.1, -0.05) is 6.92 Å². The quantitative estimate of drug-likeness (QED) is 0.758. The molecule has 0 saturated heterocycles. The Morgan fingerprint density at radius 3 is 2.47 bits per heavy atom. The molecule has 2 fully saturated rings. The zero-order valence-electron chi connectivity index (χ0n) is 9.99. The molecule has 3 nitrogen and oxygen atoms in total. The third-order valence-corrected chi connectivity index (χ3v) is 3.50. The molecule has 0 spiro atoms. The van der Waals surface area contributed by atoms with Crippen LogP contribution in [-0.4, -0.2) is 29.6 Å². The van der Waals surface area contributed by atoms with Crippen LogP contribution in [0.2, 0.25) is 0 Å². The highest BCUT2D eigenvalue weighted by atomic mass is 16.2. The van der Waals surface area contributed by atoms with Gasteiger partial charge in [0.05, 0.1) is 0 Å². The zero-order valence-corrected chi connectivity index (χ0v) is 9.99. The molecule has 86 valence electrons. The van der Waals surface area contributed by atoms with Gasteiger partial charge in [-0.3, -0.25) is 0 Å². The summed E-state index contributed by atoms with van der Waals surface area (Å²) in [5.41, 5.74) is 0. The molecule has 0 aliphatic heterocycles. The summed E-state index contributed by atoms with van der Waals surface area (Å²) < 4.78 is 0. The molecule has 0 aromatic rings. The van der Waals surface area contributed by atoms with E-state index in [0.29, 0.717) is 12.1 Å². The lowest BCUT2D eigenvalue weighted by molar-refractivity contribution is 0.178. The number of hydrogen-bond donors (Lipinski definition) is 1. The van der Waals surface area contributed by atoms with Crippen molar-refractivity contribution in [2.45, 2.75) is 52.1 Å². The summed E-state index contributed by atoms with van der Waals surface area (Å²) in [6.07, 6.45) is 3.62. The second kappa shape index (κ2) is 4.03. The van der Waals surface area contributed by atoms with Crippen LogP contribution >= 0.6 is 0 Å². The van der Waals surface area contributed by atoms with E-state index < -0.39 is 0 Å². The summed E-state index contributed by atoms with van der Waals surface area (Å²) >= 11 is 0. The lowest BCUT2D eigenvalue weighted by Gasteiger charge is -2.27. The minimum absolute atomic E-state index is 0.145. The first-order valence-corrected chi connectivity index (χ1v) is 6.15. The number of rotatable bonds is 4. The largest absolute Gasteiger partial charge is 0.335 e. The topological polar surface area (TPSA) is 32.3 Å². The summed E-state index contributed by atoms with van der Waals surface area (Å²) in [6, 6.07) is 0.929. The van der Waals surface area contributed by atoms with Crippen molar-refractivity contribution in [1.29, 1.82) is 0 Å². The molecule has 2 aliphatic rings. The van der Waals surface area contributed by atoms with Crippen LogP contribution < -0.4 is 5.32 Å². The van der Waals surface area contributed by atoms with E-state index in [-0.39, 0.29) is 6.03 Å². The molecular weight excluding hydrogens is 188 g/mol. The van der Waals surface area contributed by atoms with E-state index in [1.807, 2.05) is 4.90 Å². The lowest BCUT2D eigenvalue weighted by atomic mass is 10.2. The van der Waals surface area contributed by atoms with Crippen molar-refractivity contribution in [2.75, 3.05) is 6.54 Å². The molecule has 2 saturated carbocycles. The highest BCUT2D eigenvalue weighted by Crippen LogP contribution is 2.38. The van der Waals surface area contributed by atoms with Gasteiger partial charge in [0, 0.05) is 18.6 Å². The second-order valence-electron chi connectivity index (χ2n) is 5.44. The van der Waals surface area contributed by atoms with Crippen LogP contribution in [0.25, 0.3) is 0 Å². The van der Waals surface area contributed by atoms with E-state index >= 15 is 0 Å². The maximum atomic E-state index is 11.9. The molecule has 3 heteroatoms. The molecule has 15 heavy (non-hydrogen) atoms. The molecule has 2 atom stereocenters. The van der Waals surface area contributed by atoms with Crippen molar-refractivity contribution in [1.82, 2.24) is 10.2 Å². The molecule has 0 aromatic carbocycles. The molecule has 2 aliphatic carbocycles. The van der Waals surface area contributed by atoms with Crippen molar-refractivity contribution in [2.24, 2.45) is 11.8 Å². The first-order chi connectivity index (χ1) is 7.08. The number of urea groups is 1. The van der Waals surface area contributed by atoms with Crippen LogP contribution in [0.1, 0.15) is 40.0 Å². The van der Waals surface area contributed by atoms with Gasteiger partial charge >= 0.3 is 6.03 Å². The van der Waals surface area contributed by atoms with E-state index in [9.17, 15) is 4.79 Å². The molecular formula is C12H22N2O. The maximum absolute atomic E-state index is 11.9. The molecule has 2 amide bonds. The number of carbonyl (C=O) groups is 1. The van der Waals surface area contributed by atoms with Gasteiger partial charge < -0.3 is 10.2 Å². The Kier molecular flexibility index (Phi) is 2.89. The van der Waals surface area contributed by atoms with Crippen molar-refractivity contribution in [3.05, 3.63) is 0 Å². The highest BCUT2D eigenvalue weighted by Gasteiger charge is 2.36. The molecule has 1 N–H and O–H groups in total. The Bertz CT molecular complexity index is 248. The average molecular weight is 210 g/mol. The predicted octanol–water partition coefficient (Wildman–Crippen LogP) is 2.22. The number of amides is 2. The van der Waals surface area contributed by atoms with Crippen molar-refractivity contribution in [3.8, 4) is 0 Å². The van der Waals surface area contributed by atoms with Gasteiger partial charge in [-0.25, -0.2) is 4.79 Å². The molecule has 2 rings (SSSR count). The minimum atomic E-state index is 0.145. The van der Waals surface area contributed by atoms with Gasteiger partial charge in [-0.15, -0.1) is 0 Å². The van der Waals surface area contributed by atoms with Crippen LogP contribution in [0.15, 0.2) is 0 Å². The Labute approximate surface area is 92.2 Å². The van der Waals surface area contributed by atoms with Gasteiger partial charge in [0.15, 0.2) is 0 Å². The average Bonchev–Trinajstić information content (AvgIpc) is 3.01. The van der Waals surface area contributed by atoms with Gasteiger partial charge in [0.25, 0.3) is 0 Å². The summed E-state index contributed by atoms with van der Waals surface area (Å²) in [4.78, 5) is 13.9. The number of carbonyl (C=O) groups excluding carboxylic acids is 1. The number of nitrogens with zero attached hydrogens (tertiary/aromatic N) is 1. The fraction of sp³-hybridized carbons (Fsp3) is 0.917. The molecule has 0 unspecified atom stereocenters.